The van der Waals surface area contributed by atoms with Gasteiger partial charge >= 0.3 is 0 Å². The number of hydrogen-bond acceptors (Lipinski definition) is 5. The Morgan fingerprint density at radius 3 is 2.81 bits per heavy atom. The lowest BCUT2D eigenvalue weighted by Crippen LogP contribution is -2.24. The summed E-state index contributed by atoms with van der Waals surface area (Å²) in [4.78, 5) is 13.0. The number of aromatic hydroxyl groups is 1. The third kappa shape index (κ3) is 2.69. The zero-order chi connectivity index (χ0) is 18.5. The van der Waals surface area contributed by atoms with Gasteiger partial charge in [0.15, 0.2) is 5.43 Å². The topological polar surface area (TPSA) is 79.9 Å². The van der Waals surface area contributed by atoms with E-state index >= 15 is 0 Å². The second-order valence-electron chi connectivity index (χ2n) is 7.24. The zero-order valence-electron chi connectivity index (χ0n) is 14.7. The number of ether oxygens (including phenoxy) is 1. The monoisotopic (exact) mass is 352 g/mol. The van der Waals surface area contributed by atoms with Crippen LogP contribution in [0.25, 0.3) is 11.0 Å². The Morgan fingerprint density at radius 2 is 2.08 bits per heavy atom. The molecule has 1 aliphatic heterocycles. The lowest BCUT2D eigenvalue weighted by Gasteiger charge is -2.23. The highest BCUT2D eigenvalue weighted by Gasteiger charge is 2.26. The molecule has 0 unspecified atom stereocenters. The first kappa shape index (κ1) is 16.5. The molecule has 134 valence electrons. The van der Waals surface area contributed by atoms with E-state index in [0.717, 1.165) is 0 Å². The van der Waals surface area contributed by atoms with Gasteiger partial charge in [0.1, 0.15) is 33.8 Å². The SMILES string of the molecule is CC1(C)C=CCc2c(cc3occ([C@@H]4C=CC(O)=CC4)c(=O)c3c2O)O1. The van der Waals surface area contributed by atoms with Crippen molar-refractivity contribution in [2.24, 2.45) is 0 Å². The molecule has 26 heavy (non-hydrogen) atoms. The fourth-order valence-corrected chi connectivity index (χ4v) is 3.46. The van der Waals surface area contributed by atoms with Gasteiger partial charge in [0, 0.05) is 23.1 Å². The number of allylic oxidation sites excluding steroid dienone is 4. The van der Waals surface area contributed by atoms with Gasteiger partial charge in [-0.05, 0) is 44.9 Å². The van der Waals surface area contributed by atoms with E-state index in [4.69, 9.17) is 9.15 Å². The highest BCUT2D eigenvalue weighted by atomic mass is 16.5. The molecule has 0 fully saturated rings. The van der Waals surface area contributed by atoms with Crippen LogP contribution in [0.4, 0.5) is 0 Å². The van der Waals surface area contributed by atoms with Gasteiger partial charge in [0.05, 0.1) is 6.26 Å². The van der Waals surface area contributed by atoms with Crippen molar-refractivity contribution in [3.63, 3.8) is 0 Å². The lowest BCUT2D eigenvalue weighted by atomic mass is 9.92. The summed E-state index contributed by atoms with van der Waals surface area (Å²) in [6.07, 6.45) is 11.3. The number of hydrogen-bond donors (Lipinski definition) is 2. The molecule has 2 aliphatic rings. The Balaban J connectivity index is 1.89. The van der Waals surface area contributed by atoms with Crippen LogP contribution in [-0.4, -0.2) is 15.8 Å². The molecule has 1 atom stereocenters. The average molecular weight is 352 g/mol. The lowest BCUT2D eigenvalue weighted by molar-refractivity contribution is 0.162. The summed E-state index contributed by atoms with van der Waals surface area (Å²) in [6.45, 7) is 3.86. The first-order chi connectivity index (χ1) is 12.4. The second kappa shape index (κ2) is 5.80. The van der Waals surface area contributed by atoms with Gasteiger partial charge in [-0.1, -0.05) is 12.2 Å². The van der Waals surface area contributed by atoms with Gasteiger partial charge < -0.3 is 19.4 Å². The van der Waals surface area contributed by atoms with Crippen molar-refractivity contribution in [2.75, 3.05) is 0 Å². The molecular weight excluding hydrogens is 332 g/mol. The summed E-state index contributed by atoms with van der Waals surface area (Å²) in [5.41, 5.74) is 0.570. The van der Waals surface area contributed by atoms with Crippen molar-refractivity contribution in [1.29, 1.82) is 0 Å². The summed E-state index contributed by atoms with van der Waals surface area (Å²) in [5, 5.41) is 20.4. The van der Waals surface area contributed by atoms with Crippen molar-refractivity contribution in [1.82, 2.24) is 0 Å². The Kier molecular flexibility index (Phi) is 3.68. The van der Waals surface area contributed by atoms with Crippen LogP contribution in [-0.2, 0) is 6.42 Å². The number of fused-ring (bicyclic) bond motifs is 2. The van der Waals surface area contributed by atoms with E-state index in [1.54, 1.807) is 24.3 Å². The minimum absolute atomic E-state index is 0.0892. The molecule has 0 radical (unpaired) electrons. The van der Waals surface area contributed by atoms with Crippen LogP contribution in [0.3, 0.4) is 0 Å². The van der Waals surface area contributed by atoms with Gasteiger partial charge in [-0.15, -0.1) is 0 Å². The van der Waals surface area contributed by atoms with Gasteiger partial charge in [0.2, 0.25) is 0 Å². The van der Waals surface area contributed by atoms with Crippen LogP contribution in [0.1, 0.15) is 37.3 Å². The Labute approximate surface area is 150 Å². The summed E-state index contributed by atoms with van der Waals surface area (Å²) in [7, 11) is 0. The van der Waals surface area contributed by atoms with Crippen LogP contribution < -0.4 is 10.2 Å². The standard InChI is InChI=1S/C21H20O5/c1-21(2)9-3-4-14-16(26-21)10-17-18(19(14)23)20(24)15(11-25-17)12-5-7-13(22)8-6-12/h3,5,7-12,22-23H,4,6H2,1-2H3/t12-/m1/s1. The van der Waals surface area contributed by atoms with Crippen LogP contribution in [0.2, 0.25) is 0 Å². The summed E-state index contributed by atoms with van der Waals surface area (Å²) < 4.78 is 11.7. The fourth-order valence-electron chi connectivity index (χ4n) is 3.46. The van der Waals surface area contributed by atoms with E-state index in [-0.39, 0.29) is 28.2 Å². The first-order valence-electron chi connectivity index (χ1n) is 8.60. The van der Waals surface area contributed by atoms with Crippen LogP contribution >= 0.6 is 0 Å². The maximum atomic E-state index is 13.0. The molecule has 0 spiro atoms. The molecule has 5 nitrogen and oxygen atoms in total. The van der Waals surface area contributed by atoms with Gasteiger partial charge in [-0.2, -0.15) is 0 Å². The number of rotatable bonds is 1. The summed E-state index contributed by atoms with van der Waals surface area (Å²) in [6, 6.07) is 1.67. The highest BCUT2D eigenvalue weighted by Crippen LogP contribution is 2.39. The van der Waals surface area contributed by atoms with Crippen LogP contribution in [0.15, 0.2) is 57.7 Å². The quantitative estimate of drug-likeness (QED) is 0.750. The highest BCUT2D eigenvalue weighted by molar-refractivity contribution is 5.87. The number of phenols is 1. The molecule has 5 heteroatoms. The predicted octanol–water partition coefficient (Wildman–Crippen LogP) is 4.25. The Bertz CT molecular complexity index is 1040. The van der Waals surface area contributed by atoms with E-state index < -0.39 is 5.60 Å². The summed E-state index contributed by atoms with van der Waals surface area (Å²) in [5.74, 6) is 0.422. The minimum atomic E-state index is -0.507. The molecule has 1 aromatic heterocycles. The van der Waals surface area contributed by atoms with Gasteiger partial charge in [0.25, 0.3) is 0 Å². The number of aliphatic hydroxyl groups is 1. The van der Waals surface area contributed by atoms with Crippen LogP contribution in [0.5, 0.6) is 11.5 Å². The maximum Gasteiger partial charge on any atom is 0.200 e. The third-order valence-corrected chi connectivity index (χ3v) is 4.82. The Morgan fingerprint density at radius 1 is 1.27 bits per heavy atom. The fraction of sp³-hybridized carbons (Fsp3) is 0.286. The average Bonchev–Trinajstić information content (AvgIpc) is 2.73. The third-order valence-electron chi connectivity index (χ3n) is 4.82. The number of aliphatic hydroxyl groups excluding tert-OH is 1. The molecule has 0 saturated heterocycles. The number of benzene rings is 1. The largest absolute Gasteiger partial charge is 0.508 e. The van der Waals surface area contributed by atoms with Crippen LogP contribution in [0, 0.1) is 0 Å². The Hall–Kier alpha value is -2.95. The summed E-state index contributed by atoms with van der Waals surface area (Å²) >= 11 is 0. The van der Waals surface area contributed by atoms with Crippen molar-refractivity contribution in [3.05, 3.63) is 69.8 Å². The molecule has 4 rings (SSSR count). The molecule has 1 aromatic carbocycles. The molecule has 0 amide bonds. The van der Waals surface area contributed by atoms with E-state index in [0.29, 0.717) is 35.3 Å². The smallest absolute Gasteiger partial charge is 0.200 e. The molecule has 2 N–H and O–H groups in total. The van der Waals surface area contributed by atoms with E-state index in [1.807, 2.05) is 26.0 Å². The van der Waals surface area contributed by atoms with Crippen molar-refractivity contribution in [2.45, 2.75) is 38.2 Å². The molecule has 1 aliphatic carbocycles. The zero-order valence-corrected chi connectivity index (χ0v) is 14.7. The molecular formula is C21H20O5. The van der Waals surface area contributed by atoms with Crippen molar-refractivity contribution >= 4 is 11.0 Å². The maximum absolute atomic E-state index is 13.0. The minimum Gasteiger partial charge on any atom is -0.508 e. The number of phenolic OH excluding ortho intramolecular Hbond substituents is 1. The van der Waals surface area contributed by atoms with E-state index in [1.165, 1.54) is 6.26 Å². The molecule has 0 saturated carbocycles. The van der Waals surface area contributed by atoms with E-state index in [2.05, 4.69) is 0 Å². The molecule has 2 heterocycles. The first-order valence-corrected chi connectivity index (χ1v) is 8.60. The van der Waals surface area contributed by atoms with E-state index in [9.17, 15) is 15.0 Å². The van der Waals surface area contributed by atoms with Crippen molar-refractivity contribution < 1.29 is 19.4 Å². The molecule has 2 aromatic rings. The van der Waals surface area contributed by atoms with Crippen molar-refractivity contribution in [3.8, 4) is 11.5 Å². The predicted molar refractivity (Wildman–Crippen MR) is 98.9 cm³/mol. The van der Waals surface area contributed by atoms with Gasteiger partial charge in [-0.3, -0.25) is 4.79 Å². The normalized spacial score (nSPS) is 21.0. The second-order valence-corrected chi connectivity index (χ2v) is 7.24. The van der Waals surface area contributed by atoms with Gasteiger partial charge in [-0.25, -0.2) is 0 Å². The molecule has 0 bridgehead atoms.